The quantitative estimate of drug-likeness (QED) is 0.454. The van der Waals surface area contributed by atoms with Crippen LogP contribution in [0.15, 0.2) is 24.3 Å². The van der Waals surface area contributed by atoms with E-state index < -0.39 is 5.97 Å². The van der Waals surface area contributed by atoms with Gasteiger partial charge in [0.25, 0.3) is 0 Å². The summed E-state index contributed by atoms with van der Waals surface area (Å²) in [5.74, 6) is -1.41. The SMILES string of the molecule is O=C([O-])CCCNC(=O)C[C@@H](CNC(=O)C1CC[NH2+]CC1)c1ccc(Cl)cc1. The van der Waals surface area contributed by atoms with Crippen LogP contribution in [0.1, 0.15) is 43.6 Å². The lowest BCUT2D eigenvalue weighted by molar-refractivity contribution is -0.664. The van der Waals surface area contributed by atoms with E-state index in [1.807, 2.05) is 12.1 Å². The van der Waals surface area contributed by atoms with Gasteiger partial charge in [-0.25, -0.2) is 0 Å². The second kappa shape index (κ2) is 11.7. The second-order valence-electron chi connectivity index (χ2n) is 7.16. The Morgan fingerprint density at radius 3 is 2.46 bits per heavy atom. The van der Waals surface area contributed by atoms with Crippen molar-refractivity contribution in [3.8, 4) is 0 Å². The maximum Gasteiger partial charge on any atom is 0.223 e. The van der Waals surface area contributed by atoms with Crippen molar-refractivity contribution in [3.05, 3.63) is 34.9 Å². The number of carboxylic acid groups (broad SMARTS) is 1. The number of hydrogen-bond acceptors (Lipinski definition) is 4. The fraction of sp³-hybridized carbons (Fsp3) is 0.550. The molecule has 28 heavy (non-hydrogen) atoms. The molecule has 7 nitrogen and oxygen atoms in total. The lowest BCUT2D eigenvalue weighted by atomic mass is 9.93. The molecule has 0 aliphatic carbocycles. The van der Waals surface area contributed by atoms with Crippen LogP contribution in [0.25, 0.3) is 0 Å². The number of amides is 2. The summed E-state index contributed by atoms with van der Waals surface area (Å²) >= 11 is 5.96. The topological polar surface area (TPSA) is 115 Å². The van der Waals surface area contributed by atoms with E-state index in [0.717, 1.165) is 31.5 Å². The first-order chi connectivity index (χ1) is 13.5. The molecule has 0 bridgehead atoms. The van der Waals surface area contributed by atoms with Gasteiger partial charge in [0, 0.05) is 55.2 Å². The highest BCUT2D eigenvalue weighted by molar-refractivity contribution is 6.30. The Balaban J connectivity index is 1.91. The molecule has 1 atom stereocenters. The third kappa shape index (κ3) is 7.86. The maximum atomic E-state index is 12.4. The first kappa shape index (κ1) is 22.2. The van der Waals surface area contributed by atoms with Crippen molar-refractivity contribution in [2.45, 2.75) is 38.0 Å². The van der Waals surface area contributed by atoms with E-state index in [9.17, 15) is 19.5 Å². The van der Waals surface area contributed by atoms with Gasteiger partial charge in [-0.1, -0.05) is 23.7 Å². The third-order valence-corrected chi connectivity index (χ3v) is 5.24. The molecule has 2 rings (SSSR count). The Bertz CT molecular complexity index is 660. The van der Waals surface area contributed by atoms with Gasteiger partial charge in [-0.15, -0.1) is 0 Å². The van der Waals surface area contributed by atoms with Crippen molar-refractivity contribution in [1.29, 1.82) is 0 Å². The Morgan fingerprint density at radius 1 is 1.14 bits per heavy atom. The number of nitrogens with one attached hydrogen (secondary N) is 2. The number of carbonyl (C=O) groups excluding carboxylic acids is 3. The van der Waals surface area contributed by atoms with Crippen LogP contribution in [0.5, 0.6) is 0 Å². The zero-order valence-corrected chi connectivity index (χ0v) is 16.7. The fourth-order valence-electron chi connectivity index (χ4n) is 3.36. The summed E-state index contributed by atoms with van der Waals surface area (Å²) in [6.45, 7) is 2.58. The van der Waals surface area contributed by atoms with Gasteiger partial charge in [0.05, 0.1) is 13.1 Å². The van der Waals surface area contributed by atoms with Gasteiger partial charge in [-0.2, -0.15) is 0 Å². The molecule has 1 aromatic carbocycles. The minimum Gasteiger partial charge on any atom is -0.550 e. The number of carbonyl (C=O) groups is 3. The lowest BCUT2D eigenvalue weighted by Crippen LogP contribution is -2.86. The van der Waals surface area contributed by atoms with Crippen LogP contribution in [0, 0.1) is 5.92 Å². The van der Waals surface area contributed by atoms with Crippen LogP contribution in [0.4, 0.5) is 0 Å². The number of halogens is 1. The minimum atomic E-state index is -1.13. The van der Waals surface area contributed by atoms with E-state index in [4.69, 9.17) is 11.6 Å². The van der Waals surface area contributed by atoms with Gasteiger partial charge < -0.3 is 25.9 Å². The summed E-state index contributed by atoms with van der Waals surface area (Å²) in [7, 11) is 0. The van der Waals surface area contributed by atoms with Crippen LogP contribution in [-0.2, 0) is 14.4 Å². The predicted molar refractivity (Wildman–Crippen MR) is 103 cm³/mol. The molecule has 8 heteroatoms. The van der Waals surface area contributed by atoms with E-state index in [-0.39, 0.29) is 43.0 Å². The monoisotopic (exact) mass is 409 g/mol. The fourth-order valence-corrected chi connectivity index (χ4v) is 3.48. The largest absolute Gasteiger partial charge is 0.550 e. The van der Waals surface area contributed by atoms with Gasteiger partial charge in [0.2, 0.25) is 11.8 Å². The first-order valence-corrected chi connectivity index (χ1v) is 10.1. The molecule has 1 aliphatic heterocycles. The van der Waals surface area contributed by atoms with Crippen LogP contribution < -0.4 is 21.1 Å². The molecule has 0 radical (unpaired) electrons. The minimum absolute atomic E-state index is 0.0364. The number of nitrogens with two attached hydrogens (primary N) is 1. The third-order valence-electron chi connectivity index (χ3n) is 4.99. The summed E-state index contributed by atoms with van der Waals surface area (Å²) in [5, 5.41) is 19.0. The van der Waals surface area contributed by atoms with Gasteiger partial charge in [0.1, 0.15) is 0 Å². The molecule has 4 N–H and O–H groups in total. The van der Waals surface area contributed by atoms with Crippen molar-refractivity contribution in [1.82, 2.24) is 10.6 Å². The van der Waals surface area contributed by atoms with Crippen molar-refractivity contribution in [2.75, 3.05) is 26.2 Å². The molecule has 1 heterocycles. The maximum absolute atomic E-state index is 12.4. The van der Waals surface area contributed by atoms with E-state index >= 15 is 0 Å². The van der Waals surface area contributed by atoms with E-state index in [1.165, 1.54) is 0 Å². The number of hydrogen-bond donors (Lipinski definition) is 3. The molecule has 0 unspecified atom stereocenters. The van der Waals surface area contributed by atoms with Crippen molar-refractivity contribution >= 4 is 29.4 Å². The summed E-state index contributed by atoms with van der Waals surface area (Å²) in [5.41, 5.74) is 0.923. The average molecular weight is 410 g/mol. The highest BCUT2D eigenvalue weighted by atomic mass is 35.5. The standard InChI is InChI=1S/C20H28ClN3O4/c21-17-5-3-14(4-6-17)16(12-18(25)23-9-1-2-19(26)27)13-24-20(28)15-7-10-22-11-8-15/h3-6,15-16,22H,1-2,7-13H2,(H,23,25)(H,24,28)(H,26,27)/t16-/m0/s1. The van der Waals surface area contributed by atoms with E-state index in [0.29, 0.717) is 18.0 Å². The van der Waals surface area contributed by atoms with Crippen molar-refractivity contribution in [2.24, 2.45) is 5.92 Å². The summed E-state index contributed by atoms with van der Waals surface area (Å²) in [4.78, 5) is 35.1. The molecule has 1 aromatic rings. The normalized spacial score (nSPS) is 15.6. The van der Waals surface area contributed by atoms with Gasteiger partial charge in [-0.05, 0) is 30.5 Å². The average Bonchev–Trinajstić information content (AvgIpc) is 2.69. The summed E-state index contributed by atoms with van der Waals surface area (Å²) < 4.78 is 0. The highest BCUT2D eigenvalue weighted by Gasteiger charge is 2.24. The van der Waals surface area contributed by atoms with Gasteiger partial charge in [-0.3, -0.25) is 9.59 Å². The number of rotatable bonds is 10. The van der Waals surface area contributed by atoms with Crippen LogP contribution in [0.2, 0.25) is 5.02 Å². The highest BCUT2D eigenvalue weighted by Crippen LogP contribution is 2.22. The molecule has 1 saturated heterocycles. The molecule has 154 valence electrons. The van der Waals surface area contributed by atoms with Crippen molar-refractivity contribution in [3.63, 3.8) is 0 Å². The van der Waals surface area contributed by atoms with E-state index in [1.54, 1.807) is 12.1 Å². The Kier molecular flexibility index (Phi) is 9.23. The number of aliphatic carboxylic acids is 1. The predicted octanol–water partition coefficient (Wildman–Crippen LogP) is -0.450. The smallest absolute Gasteiger partial charge is 0.223 e. The summed E-state index contributed by atoms with van der Waals surface area (Å²) in [6, 6.07) is 7.25. The molecule has 0 saturated carbocycles. The molecular weight excluding hydrogens is 382 g/mol. The first-order valence-electron chi connectivity index (χ1n) is 9.77. The van der Waals surface area contributed by atoms with Gasteiger partial charge in [0.15, 0.2) is 0 Å². The van der Waals surface area contributed by atoms with Crippen LogP contribution >= 0.6 is 11.6 Å². The Morgan fingerprint density at radius 2 is 1.82 bits per heavy atom. The summed E-state index contributed by atoms with van der Waals surface area (Å²) in [6.07, 6.45) is 2.18. The molecule has 1 aliphatic rings. The van der Waals surface area contributed by atoms with Gasteiger partial charge >= 0.3 is 0 Å². The Labute approximate surface area is 170 Å². The van der Waals surface area contributed by atoms with E-state index in [2.05, 4.69) is 16.0 Å². The number of benzene rings is 1. The Hall–Kier alpha value is -2.12. The molecule has 0 spiro atoms. The zero-order chi connectivity index (χ0) is 20.4. The van der Waals surface area contributed by atoms with Crippen LogP contribution in [0.3, 0.4) is 0 Å². The molecule has 1 fully saturated rings. The number of carboxylic acids is 1. The number of quaternary nitrogens is 1. The molecule has 0 aromatic heterocycles. The molecule has 2 amide bonds. The second-order valence-corrected chi connectivity index (χ2v) is 7.60. The number of piperidine rings is 1. The zero-order valence-electron chi connectivity index (χ0n) is 15.9. The van der Waals surface area contributed by atoms with Crippen LogP contribution in [-0.4, -0.2) is 44.0 Å². The molecular formula is C20H28ClN3O4. The lowest BCUT2D eigenvalue weighted by Gasteiger charge is -2.22. The van der Waals surface area contributed by atoms with Crippen molar-refractivity contribution < 1.29 is 24.8 Å².